The Hall–Kier alpha value is -2.11. The van der Waals surface area contributed by atoms with Gasteiger partial charge in [0.15, 0.2) is 0 Å². The Morgan fingerprint density at radius 3 is 2.67 bits per heavy atom. The van der Waals surface area contributed by atoms with Crippen molar-refractivity contribution >= 4 is 17.3 Å². The van der Waals surface area contributed by atoms with Crippen LogP contribution in [0.4, 0.5) is 11.4 Å². The van der Waals surface area contributed by atoms with Gasteiger partial charge in [-0.2, -0.15) is 0 Å². The van der Waals surface area contributed by atoms with E-state index in [0.29, 0.717) is 17.5 Å². The van der Waals surface area contributed by atoms with Crippen molar-refractivity contribution in [2.24, 2.45) is 11.8 Å². The predicted molar refractivity (Wildman–Crippen MR) is 80.9 cm³/mol. The molecule has 2 rings (SSSR count). The largest absolute Gasteiger partial charge is 0.399 e. The number of nitrogens with zero attached hydrogens (tertiary/aromatic N) is 1. The van der Waals surface area contributed by atoms with Gasteiger partial charge in [-0.05, 0) is 43.2 Å². The molecule has 1 aliphatic rings. The van der Waals surface area contributed by atoms with E-state index in [1.165, 1.54) is 18.2 Å². The van der Waals surface area contributed by atoms with Gasteiger partial charge in [0.05, 0.1) is 4.92 Å². The van der Waals surface area contributed by atoms with Gasteiger partial charge in [0.25, 0.3) is 11.6 Å². The van der Waals surface area contributed by atoms with Crippen molar-refractivity contribution in [1.82, 2.24) is 5.32 Å². The molecule has 1 aromatic rings. The highest BCUT2D eigenvalue weighted by Crippen LogP contribution is 2.30. The standard InChI is InChI=1S/C15H21N3O3/c1-9-3-5-12(7-10(9)2)17-15(19)13-8-11(16)4-6-14(13)18(20)21/h4,6,8-10,12H,3,5,7,16H2,1-2H3,(H,17,19). The Balaban J connectivity index is 2.13. The van der Waals surface area contributed by atoms with E-state index < -0.39 is 10.8 Å². The van der Waals surface area contributed by atoms with Crippen LogP contribution in [0.3, 0.4) is 0 Å². The maximum Gasteiger partial charge on any atom is 0.282 e. The summed E-state index contributed by atoms with van der Waals surface area (Å²) in [7, 11) is 0. The number of amides is 1. The number of carbonyl (C=O) groups excluding carboxylic acids is 1. The van der Waals surface area contributed by atoms with Crippen LogP contribution in [0.15, 0.2) is 18.2 Å². The maximum absolute atomic E-state index is 12.3. The van der Waals surface area contributed by atoms with Crippen LogP contribution < -0.4 is 11.1 Å². The van der Waals surface area contributed by atoms with Gasteiger partial charge >= 0.3 is 0 Å². The second-order valence-electron chi connectivity index (χ2n) is 5.97. The van der Waals surface area contributed by atoms with Gasteiger partial charge in [-0.3, -0.25) is 14.9 Å². The highest BCUT2D eigenvalue weighted by molar-refractivity contribution is 5.99. The fraction of sp³-hybridized carbons (Fsp3) is 0.533. The molecule has 6 heteroatoms. The van der Waals surface area contributed by atoms with Crippen molar-refractivity contribution in [2.75, 3.05) is 5.73 Å². The van der Waals surface area contributed by atoms with Crippen molar-refractivity contribution in [3.05, 3.63) is 33.9 Å². The molecule has 0 radical (unpaired) electrons. The minimum absolute atomic E-state index is 0.0336. The lowest BCUT2D eigenvalue weighted by Gasteiger charge is -2.32. The molecule has 3 unspecified atom stereocenters. The molecule has 1 aromatic carbocycles. The summed E-state index contributed by atoms with van der Waals surface area (Å²) in [5.41, 5.74) is 5.80. The summed E-state index contributed by atoms with van der Waals surface area (Å²) in [4.78, 5) is 22.8. The first-order chi connectivity index (χ1) is 9.88. The van der Waals surface area contributed by atoms with Gasteiger partial charge in [-0.1, -0.05) is 13.8 Å². The molecule has 6 nitrogen and oxygen atoms in total. The van der Waals surface area contributed by atoms with Crippen LogP contribution in [0.25, 0.3) is 0 Å². The number of nitrogens with two attached hydrogens (primary N) is 1. The first-order valence-electron chi connectivity index (χ1n) is 7.23. The van der Waals surface area contributed by atoms with Gasteiger partial charge in [0, 0.05) is 17.8 Å². The Kier molecular flexibility index (Phi) is 4.45. The third-order valence-corrected chi connectivity index (χ3v) is 4.40. The van der Waals surface area contributed by atoms with Crippen molar-refractivity contribution in [1.29, 1.82) is 0 Å². The smallest absolute Gasteiger partial charge is 0.282 e. The number of nitrogens with one attached hydrogen (secondary N) is 1. The van der Waals surface area contributed by atoms with E-state index in [1.807, 2.05) is 0 Å². The number of nitrogen functional groups attached to an aromatic ring is 1. The number of nitro groups is 1. The quantitative estimate of drug-likeness (QED) is 0.508. The van der Waals surface area contributed by atoms with Crippen LogP contribution >= 0.6 is 0 Å². The second kappa shape index (κ2) is 6.11. The summed E-state index contributed by atoms with van der Waals surface area (Å²) >= 11 is 0. The van der Waals surface area contributed by atoms with Crippen LogP contribution in [0.5, 0.6) is 0 Å². The third kappa shape index (κ3) is 3.51. The van der Waals surface area contributed by atoms with Crippen molar-refractivity contribution in [3.8, 4) is 0 Å². The van der Waals surface area contributed by atoms with Crippen LogP contribution in [0, 0.1) is 22.0 Å². The minimum Gasteiger partial charge on any atom is -0.399 e. The minimum atomic E-state index is -0.556. The van der Waals surface area contributed by atoms with Gasteiger partial charge in [0.1, 0.15) is 5.56 Å². The fourth-order valence-electron chi connectivity index (χ4n) is 2.84. The van der Waals surface area contributed by atoms with E-state index in [0.717, 1.165) is 19.3 Å². The van der Waals surface area contributed by atoms with Crippen LogP contribution in [0.2, 0.25) is 0 Å². The summed E-state index contributed by atoms with van der Waals surface area (Å²) in [6.07, 6.45) is 2.88. The van der Waals surface area contributed by atoms with E-state index in [-0.39, 0.29) is 17.3 Å². The molecule has 0 bridgehead atoms. The lowest BCUT2D eigenvalue weighted by Crippen LogP contribution is -2.40. The zero-order chi connectivity index (χ0) is 15.6. The number of hydrogen-bond acceptors (Lipinski definition) is 4. The van der Waals surface area contributed by atoms with E-state index in [2.05, 4.69) is 19.2 Å². The molecular formula is C15H21N3O3. The van der Waals surface area contributed by atoms with E-state index >= 15 is 0 Å². The summed E-state index contributed by atoms with van der Waals surface area (Å²) in [5.74, 6) is 0.778. The van der Waals surface area contributed by atoms with E-state index in [1.54, 1.807) is 0 Å². The first-order valence-corrected chi connectivity index (χ1v) is 7.23. The first kappa shape index (κ1) is 15.3. The second-order valence-corrected chi connectivity index (χ2v) is 5.97. The van der Waals surface area contributed by atoms with Gasteiger partial charge in [-0.15, -0.1) is 0 Å². The molecule has 1 amide bonds. The third-order valence-electron chi connectivity index (χ3n) is 4.40. The van der Waals surface area contributed by atoms with Crippen molar-refractivity contribution in [2.45, 2.75) is 39.2 Å². The van der Waals surface area contributed by atoms with Crippen molar-refractivity contribution in [3.63, 3.8) is 0 Å². The average Bonchev–Trinajstić information content (AvgIpc) is 2.42. The topological polar surface area (TPSA) is 98.3 Å². The Labute approximate surface area is 123 Å². The lowest BCUT2D eigenvalue weighted by molar-refractivity contribution is -0.385. The van der Waals surface area contributed by atoms with Gasteiger partial charge in [-0.25, -0.2) is 0 Å². The Bertz CT molecular complexity index is 559. The van der Waals surface area contributed by atoms with E-state index in [9.17, 15) is 14.9 Å². The normalized spacial score (nSPS) is 25.3. The predicted octanol–water partition coefficient (Wildman–Crippen LogP) is 2.73. The summed E-state index contributed by atoms with van der Waals surface area (Å²) in [6.45, 7) is 4.39. The van der Waals surface area contributed by atoms with E-state index in [4.69, 9.17) is 5.73 Å². The van der Waals surface area contributed by atoms with Gasteiger partial charge < -0.3 is 11.1 Å². The monoisotopic (exact) mass is 291 g/mol. The average molecular weight is 291 g/mol. The molecule has 0 heterocycles. The molecule has 3 N–H and O–H groups in total. The van der Waals surface area contributed by atoms with Crippen LogP contribution in [-0.2, 0) is 0 Å². The molecule has 0 saturated heterocycles. The number of rotatable bonds is 3. The fourth-order valence-corrected chi connectivity index (χ4v) is 2.84. The Morgan fingerprint density at radius 2 is 2.05 bits per heavy atom. The number of nitro benzene ring substituents is 1. The summed E-state index contributed by atoms with van der Waals surface area (Å²) in [5, 5.41) is 13.9. The number of benzene rings is 1. The van der Waals surface area contributed by atoms with Gasteiger partial charge in [0.2, 0.25) is 0 Å². The highest BCUT2D eigenvalue weighted by Gasteiger charge is 2.28. The number of carbonyl (C=O) groups is 1. The molecule has 0 aromatic heterocycles. The molecule has 0 spiro atoms. The Morgan fingerprint density at radius 1 is 1.33 bits per heavy atom. The molecule has 1 fully saturated rings. The zero-order valence-electron chi connectivity index (χ0n) is 12.3. The summed E-state index contributed by atoms with van der Waals surface area (Å²) < 4.78 is 0. The number of hydrogen-bond donors (Lipinski definition) is 2. The summed E-state index contributed by atoms with van der Waals surface area (Å²) in [6, 6.07) is 4.14. The number of anilines is 1. The molecule has 3 atom stereocenters. The molecule has 0 aliphatic heterocycles. The lowest BCUT2D eigenvalue weighted by atomic mass is 9.79. The highest BCUT2D eigenvalue weighted by atomic mass is 16.6. The molecule has 1 saturated carbocycles. The molecular weight excluding hydrogens is 270 g/mol. The molecule has 114 valence electrons. The van der Waals surface area contributed by atoms with Crippen LogP contribution in [0.1, 0.15) is 43.5 Å². The molecule has 1 aliphatic carbocycles. The van der Waals surface area contributed by atoms with Crippen LogP contribution in [-0.4, -0.2) is 16.9 Å². The SMILES string of the molecule is CC1CCC(NC(=O)c2cc(N)ccc2[N+](=O)[O-])CC1C. The molecule has 21 heavy (non-hydrogen) atoms. The maximum atomic E-state index is 12.3. The van der Waals surface area contributed by atoms with Crippen molar-refractivity contribution < 1.29 is 9.72 Å². The zero-order valence-corrected chi connectivity index (χ0v) is 12.3.